The molecule has 0 unspecified atom stereocenters. The summed E-state index contributed by atoms with van der Waals surface area (Å²) < 4.78 is 0. The zero-order chi connectivity index (χ0) is 15.4. The minimum absolute atomic E-state index is 0.0181. The van der Waals surface area contributed by atoms with Gasteiger partial charge >= 0.3 is 0 Å². The number of aliphatic hydroxyl groups is 1. The molecule has 1 N–H and O–H groups in total. The molecule has 1 fully saturated rings. The summed E-state index contributed by atoms with van der Waals surface area (Å²) in [5.74, 6) is 0. The van der Waals surface area contributed by atoms with Gasteiger partial charge in [-0.25, -0.2) is 0 Å². The first-order valence-corrected chi connectivity index (χ1v) is 7.40. The van der Waals surface area contributed by atoms with E-state index >= 15 is 0 Å². The molecule has 0 spiro atoms. The summed E-state index contributed by atoms with van der Waals surface area (Å²) in [6.45, 7) is 5.12. The number of anilines is 1. The Hall–Kier alpha value is -1.66. The van der Waals surface area contributed by atoms with Gasteiger partial charge in [0.25, 0.3) is 5.69 Å². The smallest absolute Gasteiger partial charge is 0.275 e. The van der Waals surface area contributed by atoms with Gasteiger partial charge in [-0.3, -0.25) is 10.1 Å². The molecule has 2 rings (SSSR count). The summed E-state index contributed by atoms with van der Waals surface area (Å²) in [6, 6.07) is 5.42. The molecular weight excluding hydrogens is 270 g/mol. The second kappa shape index (κ2) is 6.87. The van der Waals surface area contributed by atoms with Crippen molar-refractivity contribution in [1.29, 1.82) is 0 Å². The van der Waals surface area contributed by atoms with Crippen LogP contribution in [0, 0.1) is 10.1 Å². The summed E-state index contributed by atoms with van der Waals surface area (Å²) in [6.07, 6.45) is 2.19. The number of aliphatic hydroxyl groups excluding tert-OH is 1. The molecule has 0 aromatic heterocycles. The molecule has 1 aromatic carbocycles. The molecule has 6 heteroatoms. The highest BCUT2D eigenvalue weighted by atomic mass is 16.6. The van der Waals surface area contributed by atoms with Crippen LogP contribution >= 0.6 is 0 Å². The maximum atomic E-state index is 10.9. The first-order valence-electron chi connectivity index (χ1n) is 7.40. The van der Waals surface area contributed by atoms with Crippen LogP contribution in [0.5, 0.6) is 0 Å². The van der Waals surface area contributed by atoms with Gasteiger partial charge in [-0.05, 0) is 31.5 Å². The number of benzene rings is 1. The zero-order valence-electron chi connectivity index (χ0n) is 12.7. The van der Waals surface area contributed by atoms with Crippen LogP contribution in [0.4, 0.5) is 11.4 Å². The number of likely N-dealkylation sites (tertiary alicyclic amines) is 1. The molecule has 0 atom stereocenters. The minimum Gasteiger partial charge on any atom is -0.391 e. The summed E-state index contributed by atoms with van der Waals surface area (Å²) in [7, 11) is 2.02. The van der Waals surface area contributed by atoms with Gasteiger partial charge in [0, 0.05) is 37.9 Å². The van der Waals surface area contributed by atoms with Gasteiger partial charge in [0.05, 0.1) is 17.1 Å². The van der Waals surface area contributed by atoms with Gasteiger partial charge in [-0.2, -0.15) is 0 Å². The van der Waals surface area contributed by atoms with Crippen LogP contribution in [0.2, 0.25) is 0 Å². The lowest BCUT2D eigenvalue weighted by atomic mass is 10.0. The van der Waals surface area contributed by atoms with E-state index in [0.29, 0.717) is 11.6 Å². The molecular formula is C15H23N3O3. The molecule has 1 aliphatic heterocycles. The lowest BCUT2D eigenvalue weighted by Crippen LogP contribution is -2.43. The Morgan fingerprint density at radius 2 is 2.10 bits per heavy atom. The van der Waals surface area contributed by atoms with Crippen molar-refractivity contribution in [2.45, 2.75) is 32.4 Å². The number of piperidine rings is 1. The molecule has 1 aliphatic rings. The third-order valence-corrected chi connectivity index (χ3v) is 4.39. The van der Waals surface area contributed by atoms with Crippen LogP contribution in [0.25, 0.3) is 0 Å². The summed E-state index contributed by atoms with van der Waals surface area (Å²) >= 11 is 0. The van der Waals surface area contributed by atoms with Crippen LogP contribution in [0.1, 0.15) is 25.3 Å². The average molecular weight is 293 g/mol. The number of hydrogen-bond donors (Lipinski definition) is 1. The first kappa shape index (κ1) is 15.7. The molecule has 0 aliphatic carbocycles. The van der Waals surface area contributed by atoms with Gasteiger partial charge in [0.15, 0.2) is 0 Å². The molecule has 1 aromatic rings. The number of nitrogens with zero attached hydrogens (tertiary/aromatic N) is 3. The summed E-state index contributed by atoms with van der Waals surface area (Å²) in [5, 5.41) is 20.2. The third kappa shape index (κ3) is 3.51. The van der Waals surface area contributed by atoms with E-state index in [1.54, 1.807) is 12.1 Å². The van der Waals surface area contributed by atoms with Crippen molar-refractivity contribution in [2.24, 2.45) is 0 Å². The van der Waals surface area contributed by atoms with Crippen molar-refractivity contribution in [2.75, 3.05) is 31.6 Å². The van der Waals surface area contributed by atoms with E-state index in [4.69, 9.17) is 0 Å². The topological polar surface area (TPSA) is 69.9 Å². The quantitative estimate of drug-likeness (QED) is 0.664. The summed E-state index contributed by atoms with van der Waals surface area (Å²) in [5.41, 5.74) is 1.28. The maximum Gasteiger partial charge on any atom is 0.275 e. The summed E-state index contributed by atoms with van der Waals surface area (Å²) in [4.78, 5) is 15.1. The van der Waals surface area contributed by atoms with Gasteiger partial charge in [-0.15, -0.1) is 0 Å². The number of nitro benzene ring substituents is 1. The highest BCUT2D eigenvalue weighted by Crippen LogP contribution is 2.27. The Labute approximate surface area is 125 Å². The van der Waals surface area contributed by atoms with Gasteiger partial charge < -0.3 is 14.9 Å². The zero-order valence-corrected chi connectivity index (χ0v) is 12.7. The molecule has 0 bridgehead atoms. The van der Waals surface area contributed by atoms with E-state index in [0.717, 1.165) is 38.2 Å². The van der Waals surface area contributed by atoms with E-state index in [2.05, 4.69) is 16.7 Å². The fourth-order valence-corrected chi connectivity index (χ4v) is 2.93. The van der Waals surface area contributed by atoms with Crippen molar-refractivity contribution >= 4 is 11.4 Å². The predicted molar refractivity (Wildman–Crippen MR) is 82.6 cm³/mol. The Balaban J connectivity index is 2.12. The molecule has 0 saturated carbocycles. The van der Waals surface area contributed by atoms with Gasteiger partial charge in [0.2, 0.25) is 0 Å². The van der Waals surface area contributed by atoms with Crippen LogP contribution in [0.15, 0.2) is 18.2 Å². The molecule has 0 radical (unpaired) electrons. The molecule has 21 heavy (non-hydrogen) atoms. The van der Waals surface area contributed by atoms with Crippen molar-refractivity contribution in [1.82, 2.24) is 4.90 Å². The Bertz CT molecular complexity index is 499. The lowest BCUT2D eigenvalue weighted by Gasteiger charge is -2.37. The van der Waals surface area contributed by atoms with E-state index < -0.39 is 4.92 Å². The molecule has 6 nitrogen and oxygen atoms in total. The average Bonchev–Trinajstić information content (AvgIpc) is 2.53. The van der Waals surface area contributed by atoms with Crippen LogP contribution in [0.3, 0.4) is 0 Å². The van der Waals surface area contributed by atoms with E-state index in [9.17, 15) is 15.2 Å². The fraction of sp³-hybridized carbons (Fsp3) is 0.600. The second-order valence-corrected chi connectivity index (χ2v) is 5.50. The molecule has 0 amide bonds. The van der Waals surface area contributed by atoms with Gasteiger partial charge in [0.1, 0.15) is 0 Å². The van der Waals surface area contributed by atoms with Crippen molar-refractivity contribution in [3.63, 3.8) is 0 Å². The molecule has 1 saturated heterocycles. The third-order valence-electron chi connectivity index (χ3n) is 4.39. The van der Waals surface area contributed by atoms with E-state index in [1.807, 2.05) is 7.05 Å². The number of nitro groups is 1. The highest BCUT2D eigenvalue weighted by molar-refractivity contribution is 5.55. The predicted octanol–water partition coefficient (Wildman–Crippen LogP) is 2.01. The lowest BCUT2D eigenvalue weighted by molar-refractivity contribution is -0.385. The maximum absolute atomic E-state index is 10.9. The van der Waals surface area contributed by atoms with Crippen LogP contribution in [-0.4, -0.2) is 47.7 Å². The highest BCUT2D eigenvalue weighted by Gasteiger charge is 2.23. The Morgan fingerprint density at radius 3 is 2.62 bits per heavy atom. The van der Waals surface area contributed by atoms with Crippen molar-refractivity contribution in [3.8, 4) is 0 Å². The monoisotopic (exact) mass is 293 g/mol. The normalized spacial score (nSPS) is 16.9. The Kier molecular flexibility index (Phi) is 5.14. The number of hydrogen-bond acceptors (Lipinski definition) is 5. The number of rotatable bonds is 5. The van der Waals surface area contributed by atoms with E-state index in [-0.39, 0.29) is 12.3 Å². The standard InChI is InChI=1S/C15H23N3O3/c1-3-17-8-6-13(7-9-17)16(2)14-4-5-15(18(20)21)12(10-14)11-19/h4-5,10,13,19H,3,6-9,11H2,1-2H3. The largest absolute Gasteiger partial charge is 0.391 e. The molecule has 116 valence electrons. The van der Waals surface area contributed by atoms with Crippen LogP contribution < -0.4 is 4.90 Å². The molecule has 1 heterocycles. The van der Waals surface area contributed by atoms with Crippen molar-refractivity contribution < 1.29 is 10.0 Å². The fourth-order valence-electron chi connectivity index (χ4n) is 2.93. The first-order chi connectivity index (χ1) is 10.1. The minimum atomic E-state index is -0.449. The SMILES string of the molecule is CCN1CCC(N(C)c2ccc([N+](=O)[O-])c(CO)c2)CC1. The second-order valence-electron chi connectivity index (χ2n) is 5.50. The van der Waals surface area contributed by atoms with Crippen LogP contribution in [-0.2, 0) is 6.61 Å². The van der Waals surface area contributed by atoms with E-state index in [1.165, 1.54) is 6.07 Å². The van der Waals surface area contributed by atoms with Crippen molar-refractivity contribution in [3.05, 3.63) is 33.9 Å². The Morgan fingerprint density at radius 1 is 1.43 bits per heavy atom. The van der Waals surface area contributed by atoms with Gasteiger partial charge in [-0.1, -0.05) is 6.92 Å².